The van der Waals surface area contributed by atoms with E-state index in [4.69, 9.17) is 0 Å². The van der Waals surface area contributed by atoms with Crippen molar-refractivity contribution in [2.75, 3.05) is 6.54 Å². The van der Waals surface area contributed by atoms with Crippen molar-refractivity contribution >= 4 is 33.4 Å². The fourth-order valence-electron chi connectivity index (χ4n) is 2.71. The first kappa shape index (κ1) is 14.5. The molecule has 0 radical (unpaired) electrons. The lowest BCUT2D eigenvalue weighted by molar-refractivity contribution is 0.629. The molecule has 0 aliphatic carbocycles. The molecule has 0 spiro atoms. The van der Waals surface area contributed by atoms with Crippen molar-refractivity contribution in [3.63, 3.8) is 0 Å². The third-order valence-corrected chi connectivity index (χ3v) is 4.71. The van der Waals surface area contributed by atoms with Crippen molar-refractivity contribution < 1.29 is 0 Å². The zero-order chi connectivity index (χ0) is 14.7. The Morgan fingerprint density at radius 1 is 0.905 bits per heavy atom. The van der Waals surface area contributed by atoms with Crippen molar-refractivity contribution in [2.45, 2.75) is 13.0 Å². The summed E-state index contributed by atoms with van der Waals surface area (Å²) in [5.41, 5.74) is 2.66. The van der Waals surface area contributed by atoms with Gasteiger partial charge in [0.15, 0.2) is 0 Å². The van der Waals surface area contributed by atoms with Crippen LogP contribution in [0, 0.1) is 3.57 Å². The molecule has 0 aromatic heterocycles. The van der Waals surface area contributed by atoms with Gasteiger partial charge in [0, 0.05) is 3.57 Å². The van der Waals surface area contributed by atoms with Gasteiger partial charge in [-0.1, -0.05) is 61.5 Å². The number of nitrogens with one attached hydrogen (secondary N) is 1. The molecule has 1 N–H and O–H groups in total. The molecule has 0 bridgehead atoms. The van der Waals surface area contributed by atoms with Crippen molar-refractivity contribution in [3.8, 4) is 0 Å². The van der Waals surface area contributed by atoms with Crippen molar-refractivity contribution in [1.29, 1.82) is 0 Å². The highest BCUT2D eigenvalue weighted by Gasteiger charge is 2.15. The van der Waals surface area contributed by atoms with E-state index in [1.807, 2.05) is 0 Å². The van der Waals surface area contributed by atoms with Gasteiger partial charge >= 0.3 is 0 Å². The number of hydrogen-bond donors (Lipinski definition) is 1. The number of rotatable bonds is 4. The second-order valence-corrected chi connectivity index (χ2v) is 6.28. The van der Waals surface area contributed by atoms with E-state index >= 15 is 0 Å². The molecule has 1 unspecified atom stereocenters. The summed E-state index contributed by atoms with van der Waals surface area (Å²) < 4.78 is 1.30. The average molecular weight is 387 g/mol. The monoisotopic (exact) mass is 387 g/mol. The van der Waals surface area contributed by atoms with E-state index in [0.29, 0.717) is 0 Å². The first-order valence-corrected chi connectivity index (χ1v) is 8.34. The molecule has 0 aliphatic rings. The summed E-state index contributed by atoms with van der Waals surface area (Å²) in [7, 11) is 0. The van der Waals surface area contributed by atoms with Gasteiger partial charge < -0.3 is 5.32 Å². The number of benzene rings is 3. The van der Waals surface area contributed by atoms with Crippen LogP contribution in [0.5, 0.6) is 0 Å². The highest BCUT2D eigenvalue weighted by atomic mass is 127. The predicted octanol–water partition coefficient (Wildman–Crippen LogP) is 5.14. The molecule has 3 aromatic carbocycles. The molecule has 3 rings (SSSR count). The molecule has 106 valence electrons. The van der Waals surface area contributed by atoms with Gasteiger partial charge in [-0.2, -0.15) is 0 Å². The van der Waals surface area contributed by atoms with Crippen LogP contribution in [-0.4, -0.2) is 6.54 Å². The van der Waals surface area contributed by atoms with Gasteiger partial charge in [-0.05, 0) is 63.2 Å². The van der Waals surface area contributed by atoms with Gasteiger partial charge in [-0.15, -0.1) is 0 Å². The summed E-state index contributed by atoms with van der Waals surface area (Å²) in [6.45, 7) is 3.10. The second-order valence-electron chi connectivity index (χ2n) is 5.12. The minimum atomic E-state index is 0.243. The van der Waals surface area contributed by atoms with Gasteiger partial charge in [-0.25, -0.2) is 0 Å². The maximum absolute atomic E-state index is 3.62. The van der Waals surface area contributed by atoms with E-state index in [-0.39, 0.29) is 6.04 Å². The van der Waals surface area contributed by atoms with Crippen LogP contribution in [0.2, 0.25) is 0 Å². The molecule has 0 aliphatic heterocycles. The summed E-state index contributed by atoms with van der Waals surface area (Å²) >= 11 is 2.42. The van der Waals surface area contributed by atoms with Crippen LogP contribution >= 0.6 is 22.6 Å². The molecule has 0 fully saturated rings. The molecular formula is C19H18IN. The normalized spacial score (nSPS) is 12.5. The molecule has 0 amide bonds. The van der Waals surface area contributed by atoms with E-state index < -0.39 is 0 Å². The van der Waals surface area contributed by atoms with E-state index in [9.17, 15) is 0 Å². The summed E-state index contributed by atoms with van der Waals surface area (Å²) in [6.07, 6.45) is 0. The molecule has 0 saturated heterocycles. The van der Waals surface area contributed by atoms with Gasteiger partial charge in [0.25, 0.3) is 0 Å². The Balaban J connectivity index is 2.09. The lowest BCUT2D eigenvalue weighted by Gasteiger charge is -2.21. The minimum Gasteiger partial charge on any atom is -0.306 e. The van der Waals surface area contributed by atoms with Crippen LogP contribution in [0.3, 0.4) is 0 Å². The summed E-state index contributed by atoms with van der Waals surface area (Å²) in [5.74, 6) is 0. The van der Waals surface area contributed by atoms with Crippen LogP contribution in [-0.2, 0) is 0 Å². The van der Waals surface area contributed by atoms with Gasteiger partial charge in [0.2, 0.25) is 0 Å². The van der Waals surface area contributed by atoms with Crippen molar-refractivity contribution in [2.24, 2.45) is 0 Å². The molecular weight excluding hydrogens is 369 g/mol. The second kappa shape index (κ2) is 6.58. The summed E-state index contributed by atoms with van der Waals surface area (Å²) in [6, 6.07) is 24.1. The first-order chi connectivity index (χ1) is 10.3. The fraction of sp³-hybridized carbons (Fsp3) is 0.158. The SMILES string of the molecule is CCNC(c1ccc2ccccc2c1)c1ccccc1I. The summed E-state index contributed by atoms with van der Waals surface area (Å²) in [5, 5.41) is 6.20. The van der Waals surface area contributed by atoms with E-state index in [1.54, 1.807) is 0 Å². The zero-order valence-corrected chi connectivity index (χ0v) is 14.2. The van der Waals surface area contributed by atoms with E-state index in [2.05, 4.69) is 102 Å². The highest BCUT2D eigenvalue weighted by molar-refractivity contribution is 14.1. The topological polar surface area (TPSA) is 12.0 Å². The lowest BCUT2D eigenvalue weighted by Crippen LogP contribution is -2.22. The Labute approximate surface area is 139 Å². The van der Waals surface area contributed by atoms with Gasteiger partial charge in [0.05, 0.1) is 6.04 Å². The van der Waals surface area contributed by atoms with Crippen LogP contribution in [0.1, 0.15) is 24.1 Å². The van der Waals surface area contributed by atoms with Crippen molar-refractivity contribution in [3.05, 3.63) is 81.4 Å². The van der Waals surface area contributed by atoms with Gasteiger partial charge in [0.1, 0.15) is 0 Å². The van der Waals surface area contributed by atoms with E-state index in [0.717, 1.165) is 6.54 Å². The standard InChI is InChI=1S/C19H18IN/c1-2-21-19(17-9-5-6-10-18(17)20)16-12-11-14-7-3-4-8-15(14)13-16/h3-13,19,21H,2H2,1H3. The molecule has 1 atom stereocenters. The Morgan fingerprint density at radius 3 is 2.38 bits per heavy atom. The van der Waals surface area contributed by atoms with Crippen molar-refractivity contribution in [1.82, 2.24) is 5.32 Å². The van der Waals surface area contributed by atoms with Crippen LogP contribution in [0.4, 0.5) is 0 Å². The Hall–Kier alpha value is -1.39. The maximum Gasteiger partial charge on any atom is 0.0587 e. The molecule has 1 nitrogen and oxygen atoms in total. The smallest absolute Gasteiger partial charge is 0.0587 e. The zero-order valence-electron chi connectivity index (χ0n) is 12.0. The molecule has 21 heavy (non-hydrogen) atoms. The lowest BCUT2D eigenvalue weighted by atomic mass is 9.96. The molecule has 0 saturated carbocycles. The van der Waals surface area contributed by atoms with Crippen LogP contribution in [0.15, 0.2) is 66.7 Å². The quantitative estimate of drug-likeness (QED) is 0.611. The number of hydrogen-bond acceptors (Lipinski definition) is 1. The Bertz CT molecular complexity index is 751. The highest BCUT2D eigenvalue weighted by Crippen LogP contribution is 2.28. The molecule has 2 heteroatoms. The van der Waals surface area contributed by atoms with E-state index in [1.165, 1.54) is 25.5 Å². The largest absolute Gasteiger partial charge is 0.306 e. The molecule has 0 heterocycles. The fourth-order valence-corrected chi connectivity index (χ4v) is 3.41. The Kier molecular flexibility index (Phi) is 4.56. The Morgan fingerprint density at radius 2 is 1.62 bits per heavy atom. The van der Waals surface area contributed by atoms with Crippen LogP contribution < -0.4 is 5.32 Å². The first-order valence-electron chi connectivity index (χ1n) is 7.26. The molecule has 3 aromatic rings. The third kappa shape index (κ3) is 3.11. The number of halogens is 1. The number of fused-ring (bicyclic) bond motifs is 1. The van der Waals surface area contributed by atoms with Gasteiger partial charge in [-0.3, -0.25) is 0 Å². The predicted molar refractivity (Wildman–Crippen MR) is 98.6 cm³/mol. The summed E-state index contributed by atoms with van der Waals surface area (Å²) in [4.78, 5) is 0. The average Bonchev–Trinajstić information content (AvgIpc) is 2.53. The van der Waals surface area contributed by atoms with Crippen LogP contribution in [0.25, 0.3) is 10.8 Å². The third-order valence-electron chi connectivity index (χ3n) is 3.73. The maximum atomic E-state index is 3.62. The minimum absolute atomic E-state index is 0.243.